The summed E-state index contributed by atoms with van der Waals surface area (Å²) in [5.41, 5.74) is 3.76. The van der Waals surface area contributed by atoms with E-state index in [0.717, 1.165) is 5.75 Å². The van der Waals surface area contributed by atoms with E-state index in [9.17, 15) is 0 Å². The van der Waals surface area contributed by atoms with Crippen LogP contribution in [0.4, 0.5) is 0 Å². The maximum absolute atomic E-state index is 6.03. The van der Waals surface area contributed by atoms with Crippen LogP contribution in [0.3, 0.4) is 0 Å². The van der Waals surface area contributed by atoms with Crippen molar-refractivity contribution in [1.82, 2.24) is 0 Å². The zero-order valence-corrected chi connectivity index (χ0v) is 13.1. The molecule has 20 heavy (non-hydrogen) atoms. The van der Waals surface area contributed by atoms with Crippen LogP contribution >= 0.6 is 0 Å². The van der Waals surface area contributed by atoms with Crippen LogP contribution in [0.15, 0.2) is 48.5 Å². The van der Waals surface area contributed by atoms with Crippen molar-refractivity contribution < 1.29 is 4.74 Å². The normalized spacial score (nSPS) is 11.7. The molecule has 0 atom stereocenters. The molecule has 0 unspecified atom stereocenters. The first kappa shape index (κ1) is 14.6. The summed E-state index contributed by atoms with van der Waals surface area (Å²) in [4.78, 5) is 0. The predicted molar refractivity (Wildman–Crippen MR) is 86.3 cm³/mol. The Morgan fingerprint density at radius 1 is 0.850 bits per heavy atom. The lowest BCUT2D eigenvalue weighted by Gasteiger charge is -2.24. The summed E-state index contributed by atoms with van der Waals surface area (Å²) in [5.74, 6) is 0.994. The fraction of sp³-hybridized carbons (Fsp3) is 0.368. The van der Waals surface area contributed by atoms with Gasteiger partial charge in [-0.25, -0.2) is 0 Å². The summed E-state index contributed by atoms with van der Waals surface area (Å²) >= 11 is 0. The first-order valence-corrected chi connectivity index (χ1v) is 7.24. The third kappa shape index (κ3) is 3.41. The quantitative estimate of drug-likeness (QED) is 0.720. The number of hydrogen-bond acceptors (Lipinski definition) is 1. The highest BCUT2D eigenvalue weighted by atomic mass is 16.5. The van der Waals surface area contributed by atoms with E-state index in [1.165, 1.54) is 16.7 Å². The van der Waals surface area contributed by atoms with Crippen LogP contribution < -0.4 is 4.74 Å². The van der Waals surface area contributed by atoms with Gasteiger partial charge in [-0.05, 0) is 42.0 Å². The molecule has 0 amide bonds. The number of rotatable bonds is 3. The molecule has 0 fully saturated rings. The van der Waals surface area contributed by atoms with Gasteiger partial charge in [0.1, 0.15) is 5.75 Å². The van der Waals surface area contributed by atoms with Gasteiger partial charge in [-0.2, -0.15) is 0 Å². The highest BCUT2D eigenvalue weighted by molar-refractivity contribution is 5.66. The maximum atomic E-state index is 6.03. The van der Waals surface area contributed by atoms with E-state index < -0.39 is 0 Å². The molecule has 0 spiro atoms. The minimum Gasteiger partial charge on any atom is -0.491 e. The molecule has 0 N–H and O–H groups in total. The zero-order chi connectivity index (χ0) is 14.8. The van der Waals surface area contributed by atoms with E-state index in [4.69, 9.17) is 4.74 Å². The standard InChI is InChI=1S/C19H24O/c1-14(2)20-18-13-16(15-9-7-6-8-10-15)11-12-17(18)19(3,4)5/h6-14H,1-5H3. The number of benzene rings is 2. The van der Waals surface area contributed by atoms with Crippen LogP contribution in [0.5, 0.6) is 5.75 Å². The van der Waals surface area contributed by atoms with Crippen molar-refractivity contribution in [1.29, 1.82) is 0 Å². The van der Waals surface area contributed by atoms with Crippen LogP contribution in [0, 0.1) is 0 Å². The summed E-state index contributed by atoms with van der Waals surface area (Å²) in [5, 5.41) is 0. The average molecular weight is 268 g/mol. The first-order chi connectivity index (χ1) is 9.38. The van der Waals surface area contributed by atoms with Gasteiger partial charge in [-0.3, -0.25) is 0 Å². The van der Waals surface area contributed by atoms with Gasteiger partial charge in [0, 0.05) is 0 Å². The molecular weight excluding hydrogens is 244 g/mol. The van der Waals surface area contributed by atoms with Gasteiger partial charge in [-0.15, -0.1) is 0 Å². The molecular formula is C19H24O. The SMILES string of the molecule is CC(C)Oc1cc(-c2ccccc2)ccc1C(C)(C)C. The molecule has 0 aromatic heterocycles. The Hall–Kier alpha value is -1.76. The lowest BCUT2D eigenvalue weighted by Crippen LogP contribution is -2.16. The molecule has 0 aliphatic rings. The third-order valence-corrected chi connectivity index (χ3v) is 3.26. The summed E-state index contributed by atoms with van der Waals surface area (Å²) in [7, 11) is 0. The summed E-state index contributed by atoms with van der Waals surface area (Å²) in [6.45, 7) is 10.8. The van der Waals surface area contributed by atoms with E-state index >= 15 is 0 Å². The highest BCUT2D eigenvalue weighted by Crippen LogP contribution is 2.35. The molecule has 2 aromatic rings. The Kier molecular flexibility index (Phi) is 4.17. The van der Waals surface area contributed by atoms with Gasteiger partial charge in [-0.1, -0.05) is 63.2 Å². The van der Waals surface area contributed by atoms with Crippen LogP contribution in [0.25, 0.3) is 11.1 Å². The lowest BCUT2D eigenvalue weighted by molar-refractivity contribution is 0.237. The van der Waals surface area contributed by atoms with Gasteiger partial charge >= 0.3 is 0 Å². The Balaban J connectivity index is 2.49. The third-order valence-electron chi connectivity index (χ3n) is 3.26. The molecule has 0 saturated carbocycles. The average Bonchev–Trinajstić information content (AvgIpc) is 2.37. The van der Waals surface area contributed by atoms with Crippen molar-refractivity contribution in [3.8, 4) is 16.9 Å². The molecule has 2 rings (SSSR count). The van der Waals surface area contributed by atoms with Gasteiger partial charge in [0.2, 0.25) is 0 Å². The van der Waals surface area contributed by atoms with Crippen LogP contribution in [0.2, 0.25) is 0 Å². The van der Waals surface area contributed by atoms with Gasteiger partial charge in [0.05, 0.1) is 6.10 Å². The van der Waals surface area contributed by atoms with Crippen molar-refractivity contribution in [3.05, 3.63) is 54.1 Å². The fourth-order valence-corrected chi connectivity index (χ4v) is 2.30. The van der Waals surface area contributed by atoms with Gasteiger partial charge in [0.15, 0.2) is 0 Å². The minimum atomic E-state index is 0.0828. The summed E-state index contributed by atoms with van der Waals surface area (Å²) in [6, 6.07) is 17.0. The smallest absolute Gasteiger partial charge is 0.124 e. The number of ether oxygens (including phenoxy) is 1. The van der Waals surface area contributed by atoms with Crippen LogP contribution in [-0.2, 0) is 5.41 Å². The molecule has 0 aliphatic carbocycles. The molecule has 0 aliphatic heterocycles. The Morgan fingerprint density at radius 2 is 1.50 bits per heavy atom. The van der Waals surface area contributed by atoms with Crippen molar-refractivity contribution in [2.75, 3.05) is 0 Å². The molecule has 0 radical (unpaired) electrons. The Labute approximate surface area is 122 Å². The zero-order valence-electron chi connectivity index (χ0n) is 13.1. The Morgan fingerprint density at radius 3 is 2.05 bits per heavy atom. The van der Waals surface area contributed by atoms with E-state index in [0.29, 0.717) is 0 Å². The monoisotopic (exact) mass is 268 g/mol. The van der Waals surface area contributed by atoms with Gasteiger partial charge < -0.3 is 4.74 Å². The lowest BCUT2D eigenvalue weighted by atomic mass is 9.85. The van der Waals surface area contributed by atoms with Crippen molar-refractivity contribution in [2.45, 2.75) is 46.1 Å². The van der Waals surface area contributed by atoms with Gasteiger partial charge in [0.25, 0.3) is 0 Å². The summed E-state index contributed by atoms with van der Waals surface area (Å²) < 4.78 is 6.03. The topological polar surface area (TPSA) is 9.23 Å². The fourth-order valence-electron chi connectivity index (χ4n) is 2.30. The van der Waals surface area contributed by atoms with E-state index in [1.807, 2.05) is 6.07 Å². The predicted octanol–water partition coefficient (Wildman–Crippen LogP) is 5.44. The molecule has 2 aromatic carbocycles. The van der Waals surface area contributed by atoms with Crippen molar-refractivity contribution in [2.24, 2.45) is 0 Å². The van der Waals surface area contributed by atoms with E-state index in [1.54, 1.807) is 0 Å². The van der Waals surface area contributed by atoms with E-state index in [2.05, 4.69) is 77.1 Å². The molecule has 0 heterocycles. The summed E-state index contributed by atoms with van der Waals surface area (Å²) in [6.07, 6.45) is 0.183. The largest absolute Gasteiger partial charge is 0.491 e. The first-order valence-electron chi connectivity index (χ1n) is 7.24. The minimum absolute atomic E-state index is 0.0828. The molecule has 0 saturated heterocycles. The molecule has 0 bridgehead atoms. The molecule has 1 heteroatoms. The second-order valence-corrected chi connectivity index (χ2v) is 6.49. The second kappa shape index (κ2) is 5.70. The van der Waals surface area contributed by atoms with E-state index in [-0.39, 0.29) is 11.5 Å². The molecule has 106 valence electrons. The maximum Gasteiger partial charge on any atom is 0.124 e. The number of hydrogen-bond donors (Lipinski definition) is 0. The Bertz CT molecular complexity index is 562. The van der Waals surface area contributed by atoms with Crippen LogP contribution in [0.1, 0.15) is 40.2 Å². The molecule has 1 nitrogen and oxygen atoms in total. The second-order valence-electron chi connectivity index (χ2n) is 6.49. The van der Waals surface area contributed by atoms with Crippen molar-refractivity contribution in [3.63, 3.8) is 0 Å². The van der Waals surface area contributed by atoms with Crippen LogP contribution in [-0.4, -0.2) is 6.10 Å². The highest BCUT2D eigenvalue weighted by Gasteiger charge is 2.20. The van der Waals surface area contributed by atoms with Crippen molar-refractivity contribution >= 4 is 0 Å².